The van der Waals surface area contributed by atoms with Crippen molar-refractivity contribution >= 4 is 29.7 Å². The Bertz CT molecular complexity index is 1140. The molecule has 0 aliphatic rings. The van der Waals surface area contributed by atoms with Gasteiger partial charge in [0.05, 0.1) is 6.04 Å². The van der Waals surface area contributed by atoms with Gasteiger partial charge >= 0.3 is 11.9 Å². The van der Waals surface area contributed by atoms with Crippen molar-refractivity contribution < 1.29 is 33.4 Å². The summed E-state index contributed by atoms with van der Waals surface area (Å²) in [7, 11) is 0. The van der Waals surface area contributed by atoms with Gasteiger partial charge in [0, 0.05) is 12.8 Å². The summed E-state index contributed by atoms with van der Waals surface area (Å²) in [4.78, 5) is 62.6. The van der Waals surface area contributed by atoms with Gasteiger partial charge in [-0.15, -0.1) is 0 Å². The summed E-state index contributed by atoms with van der Waals surface area (Å²) in [6, 6.07) is 14.9. The fourth-order valence-corrected chi connectivity index (χ4v) is 3.75. The lowest BCUT2D eigenvalue weighted by atomic mass is 9.98. The summed E-state index contributed by atoms with van der Waals surface area (Å²) in [6.07, 6.45) is 0.0601. The van der Waals surface area contributed by atoms with E-state index in [4.69, 9.17) is 20.9 Å². The first-order chi connectivity index (χ1) is 19.6. The first kappa shape index (κ1) is 33.0. The fourth-order valence-electron chi connectivity index (χ4n) is 3.75. The van der Waals surface area contributed by atoms with E-state index in [1.54, 1.807) is 19.1 Å². The lowest BCUT2D eigenvalue weighted by Crippen LogP contribution is -2.56. The predicted molar refractivity (Wildman–Crippen MR) is 151 cm³/mol. The monoisotopic (exact) mass is 568 g/mol. The Balaban J connectivity index is 1.98. The molecule has 0 fully saturated rings. The van der Waals surface area contributed by atoms with Crippen molar-refractivity contribution in [3.8, 4) is 0 Å². The average molecular weight is 569 g/mol. The van der Waals surface area contributed by atoms with E-state index in [9.17, 15) is 24.0 Å². The van der Waals surface area contributed by atoms with E-state index in [2.05, 4.69) is 10.6 Å². The van der Waals surface area contributed by atoms with Crippen LogP contribution in [0.15, 0.2) is 60.7 Å². The molecule has 11 heteroatoms. The number of amides is 3. The number of primary amides is 1. The molecule has 0 aliphatic carbocycles. The van der Waals surface area contributed by atoms with Gasteiger partial charge in [-0.2, -0.15) is 0 Å². The number of nitrogens with two attached hydrogens (primary N) is 2. The summed E-state index contributed by atoms with van der Waals surface area (Å²) >= 11 is 0. The zero-order valence-electron chi connectivity index (χ0n) is 23.5. The zero-order chi connectivity index (χ0) is 30.2. The third-order valence-electron chi connectivity index (χ3n) is 6.61. The van der Waals surface area contributed by atoms with E-state index < -0.39 is 47.8 Å². The van der Waals surface area contributed by atoms with Crippen molar-refractivity contribution in [2.45, 2.75) is 77.3 Å². The molecule has 0 bridgehead atoms. The molecule has 0 unspecified atom stereocenters. The van der Waals surface area contributed by atoms with Gasteiger partial charge in [0.2, 0.25) is 17.7 Å². The smallest absolute Gasteiger partial charge is 0.306 e. The van der Waals surface area contributed by atoms with Crippen LogP contribution in [0.5, 0.6) is 0 Å². The summed E-state index contributed by atoms with van der Waals surface area (Å²) in [5.74, 6) is -3.48. The van der Waals surface area contributed by atoms with Gasteiger partial charge in [0.15, 0.2) is 0 Å². The lowest BCUT2D eigenvalue weighted by molar-refractivity contribution is -0.146. The van der Waals surface area contributed by atoms with Crippen molar-refractivity contribution in [1.82, 2.24) is 10.6 Å². The van der Waals surface area contributed by atoms with E-state index in [1.807, 2.05) is 55.5 Å². The van der Waals surface area contributed by atoms with E-state index in [1.165, 1.54) is 0 Å². The van der Waals surface area contributed by atoms with Gasteiger partial charge in [-0.05, 0) is 29.9 Å². The van der Waals surface area contributed by atoms with Gasteiger partial charge in [-0.3, -0.25) is 24.0 Å². The van der Waals surface area contributed by atoms with E-state index in [0.717, 1.165) is 11.1 Å². The Morgan fingerprint density at radius 3 is 1.61 bits per heavy atom. The molecule has 0 saturated heterocycles. The minimum atomic E-state index is -1.21. The normalized spacial score (nSPS) is 13.6. The zero-order valence-corrected chi connectivity index (χ0v) is 23.5. The van der Waals surface area contributed by atoms with Crippen LogP contribution < -0.4 is 22.1 Å². The number of hydrogen-bond acceptors (Lipinski definition) is 8. The molecule has 0 saturated carbocycles. The Morgan fingerprint density at radius 2 is 1.17 bits per heavy atom. The molecule has 0 heterocycles. The molecule has 0 aromatic heterocycles. The standard InChI is InChI=1S/C30H40N4O7/c1-3-20(2)27(31)30(39)34-24(15-17-26(36)41-19-22-12-8-5-9-13-22)29(38)33-23(28(32)37)14-16-25(35)40-18-21-10-6-4-7-11-21/h4-13,20,23-24,27H,3,14-19,31H2,1-2H3,(H2,32,37)(H,33,38)(H,34,39)/t20-,23+,24+,27-/m0/s1. The molecule has 2 rings (SSSR count). The van der Waals surface area contributed by atoms with Gasteiger partial charge in [-0.1, -0.05) is 80.9 Å². The maximum Gasteiger partial charge on any atom is 0.306 e. The Morgan fingerprint density at radius 1 is 0.732 bits per heavy atom. The summed E-state index contributed by atoms with van der Waals surface area (Å²) < 4.78 is 10.5. The lowest BCUT2D eigenvalue weighted by Gasteiger charge is -2.24. The first-order valence-corrected chi connectivity index (χ1v) is 13.6. The molecule has 2 aromatic rings. The van der Waals surface area contributed by atoms with E-state index in [0.29, 0.717) is 6.42 Å². The maximum atomic E-state index is 13.2. The second-order valence-electron chi connectivity index (χ2n) is 9.81. The van der Waals surface area contributed by atoms with Crippen molar-refractivity contribution in [1.29, 1.82) is 0 Å². The molecule has 11 nitrogen and oxygen atoms in total. The second-order valence-corrected chi connectivity index (χ2v) is 9.81. The molecule has 0 radical (unpaired) electrons. The molecular formula is C30H40N4O7. The highest BCUT2D eigenvalue weighted by Gasteiger charge is 2.29. The van der Waals surface area contributed by atoms with Gasteiger partial charge in [-0.25, -0.2) is 0 Å². The summed E-state index contributed by atoms with van der Waals surface area (Å²) in [5, 5.41) is 5.07. The molecule has 41 heavy (non-hydrogen) atoms. The SMILES string of the molecule is CC[C@H](C)[C@H](N)C(=O)N[C@H](CCC(=O)OCc1ccccc1)C(=O)N[C@H](CCC(=O)OCc1ccccc1)C(N)=O. The van der Waals surface area contributed by atoms with Gasteiger partial charge in [0.1, 0.15) is 25.3 Å². The maximum absolute atomic E-state index is 13.2. The number of nitrogens with one attached hydrogen (secondary N) is 2. The van der Waals surface area contributed by atoms with Crippen LogP contribution in [0.3, 0.4) is 0 Å². The van der Waals surface area contributed by atoms with E-state index in [-0.39, 0.29) is 44.8 Å². The highest BCUT2D eigenvalue weighted by atomic mass is 16.5. The fraction of sp³-hybridized carbons (Fsp3) is 0.433. The van der Waals surface area contributed by atoms with Crippen molar-refractivity contribution in [2.75, 3.05) is 0 Å². The molecule has 4 atom stereocenters. The molecule has 0 aliphatic heterocycles. The van der Waals surface area contributed by atoms with Crippen molar-refractivity contribution in [3.63, 3.8) is 0 Å². The number of benzene rings is 2. The van der Waals surface area contributed by atoms with Crippen LogP contribution in [0, 0.1) is 5.92 Å². The number of hydrogen-bond donors (Lipinski definition) is 4. The molecule has 2 aromatic carbocycles. The Hall–Kier alpha value is -4.25. The number of esters is 2. The predicted octanol–water partition coefficient (Wildman–Crippen LogP) is 1.86. The van der Waals surface area contributed by atoms with Crippen LogP contribution in [-0.2, 0) is 46.7 Å². The largest absolute Gasteiger partial charge is 0.461 e. The highest BCUT2D eigenvalue weighted by Crippen LogP contribution is 2.10. The third-order valence-corrected chi connectivity index (χ3v) is 6.61. The highest BCUT2D eigenvalue weighted by molar-refractivity contribution is 5.93. The second kappa shape index (κ2) is 17.4. The number of rotatable bonds is 17. The minimum Gasteiger partial charge on any atom is -0.461 e. The third kappa shape index (κ3) is 12.2. The van der Waals surface area contributed by atoms with Crippen LogP contribution >= 0.6 is 0 Å². The molecule has 0 spiro atoms. The van der Waals surface area contributed by atoms with Crippen LogP contribution in [0.25, 0.3) is 0 Å². The van der Waals surface area contributed by atoms with Crippen LogP contribution in [0.4, 0.5) is 0 Å². The van der Waals surface area contributed by atoms with Crippen LogP contribution in [-0.4, -0.2) is 47.8 Å². The molecule has 6 N–H and O–H groups in total. The summed E-state index contributed by atoms with van der Waals surface area (Å²) in [6.45, 7) is 3.82. The Labute approximate surface area is 240 Å². The van der Waals surface area contributed by atoms with Gasteiger partial charge in [0.25, 0.3) is 0 Å². The topological polar surface area (TPSA) is 180 Å². The quantitative estimate of drug-likeness (QED) is 0.209. The number of carbonyl (C=O) groups is 5. The van der Waals surface area contributed by atoms with E-state index >= 15 is 0 Å². The molecule has 3 amide bonds. The number of ether oxygens (including phenoxy) is 2. The molecular weight excluding hydrogens is 528 g/mol. The van der Waals surface area contributed by atoms with Crippen molar-refractivity contribution in [2.24, 2.45) is 17.4 Å². The van der Waals surface area contributed by atoms with Crippen LogP contribution in [0.2, 0.25) is 0 Å². The van der Waals surface area contributed by atoms with Gasteiger partial charge < -0.3 is 31.6 Å². The average Bonchev–Trinajstić information content (AvgIpc) is 2.98. The molecule has 222 valence electrons. The van der Waals surface area contributed by atoms with Crippen molar-refractivity contribution in [3.05, 3.63) is 71.8 Å². The van der Waals surface area contributed by atoms with Crippen LogP contribution in [0.1, 0.15) is 57.1 Å². The number of carbonyl (C=O) groups excluding carboxylic acids is 5. The minimum absolute atomic E-state index is 0.0614. The first-order valence-electron chi connectivity index (χ1n) is 13.6. The Kier molecular flexibility index (Phi) is 14.0. The summed E-state index contributed by atoms with van der Waals surface area (Å²) in [5.41, 5.74) is 13.1.